The normalized spacial score (nSPS) is 26.5. The molecule has 0 unspecified atom stereocenters. The summed E-state index contributed by atoms with van der Waals surface area (Å²) in [5.74, 6) is -1.02. The van der Waals surface area contributed by atoms with Gasteiger partial charge in [0.1, 0.15) is 24.4 Å². The lowest BCUT2D eigenvalue weighted by Gasteiger charge is -2.55. The van der Waals surface area contributed by atoms with Crippen LogP contribution < -0.4 is 14.8 Å². The van der Waals surface area contributed by atoms with Crippen molar-refractivity contribution in [3.8, 4) is 34.8 Å². The van der Waals surface area contributed by atoms with Crippen molar-refractivity contribution in [2.45, 2.75) is 50.5 Å². The number of phenols is 3. The van der Waals surface area contributed by atoms with E-state index in [2.05, 4.69) is 11.4 Å². The van der Waals surface area contributed by atoms with Gasteiger partial charge in [-0.25, -0.2) is 4.79 Å². The van der Waals surface area contributed by atoms with E-state index in [1.54, 1.807) is 11.8 Å². The first-order chi connectivity index (χ1) is 17.7. The maximum Gasteiger partial charge on any atom is 0.328 e. The van der Waals surface area contributed by atoms with E-state index in [0.717, 1.165) is 11.1 Å². The first-order valence-corrected chi connectivity index (χ1v) is 11.9. The molecular formula is C26H29N3O8. The molecule has 0 radical (unpaired) electrons. The second-order valence-corrected chi connectivity index (χ2v) is 9.56. The molecule has 3 heterocycles. The average molecular weight is 512 g/mol. The van der Waals surface area contributed by atoms with Crippen molar-refractivity contribution in [2.24, 2.45) is 0 Å². The monoisotopic (exact) mass is 511 g/mol. The maximum atomic E-state index is 13.2. The highest BCUT2D eigenvalue weighted by molar-refractivity contribution is 5.81. The number of cyclic esters (lactones) is 1. The number of hydrogen-bond acceptors (Lipinski definition) is 11. The SMILES string of the molecule is COCOc1cc([C@H]2C(=O)OC[C@H]3[C@@H]4N[C@@H](Cc5cc(C)c(OC)c(O)c54)[C@@H](C#N)N23)c(O)c(O)c1C. The molecule has 37 heavy (non-hydrogen) atoms. The largest absolute Gasteiger partial charge is 0.504 e. The predicted octanol–water partition coefficient (Wildman–Crippen LogP) is 1.84. The second-order valence-electron chi connectivity index (χ2n) is 9.56. The number of rotatable bonds is 5. The summed E-state index contributed by atoms with van der Waals surface area (Å²) in [7, 11) is 2.93. The van der Waals surface area contributed by atoms with E-state index in [9.17, 15) is 25.4 Å². The first kappa shape index (κ1) is 25.0. The van der Waals surface area contributed by atoms with E-state index in [1.165, 1.54) is 20.3 Å². The van der Waals surface area contributed by atoms with Crippen LogP contribution in [0, 0.1) is 25.2 Å². The number of morpholine rings is 1. The highest BCUT2D eigenvalue weighted by Gasteiger charge is 2.55. The predicted molar refractivity (Wildman–Crippen MR) is 129 cm³/mol. The Morgan fingerprint density at radius 1 is 1.19 bits per heavy atom. The maximum absolute atomic E-state index is 13.2. The summed E-state index contributed by atoms with van der Waals surface area (Å²) in [6.07, 6.45) is 0.431. The van der Waals surface area contributed by atoms with Crippen molar-refractivity contribution in [3.63, 3.8) is 0 Å². The lowest BCUT2D eigenvalue weighted by Crippen LogP contribution is -2.69. The number of fused-ring (bicyclic) bond motifs is 6. The number of carbonyl (C=O) groups excluding carboxylic acids is 1. The van der Waals surface area contributed by atoms with Crippen LogP contribution in [0.3, 0.4) is 0 Å². The topological polar surface area (TPSA) is 154 Å². The lowest BCUT2D eigenvalue weighted by atomic mass is 9.77. The highest BCUT2D eigenvalue weighted by Crippen LogP contribution is 2.51. The number of nitriles is 1. The molecule has 2 aromatic carbocycles. The quantitative estimate of drug-likeness (QED) is 0.264. The van der Waals surface area contributed by atoms with Crippen LogP contribution in [0.15, 0.2) is 12.1 Å². The number of benzene rings is 2. The third-order valence-electron chi connectivity index (χ3n) is 7.57. The van der Waals surface area contributed by atoms with E-state index < -0.39 is 41.6 Å². The first-order valence-electron chi connectivity index (χ1n) is 11.9. The van der Waals surface area contributed by atoms with Crippen molar-refractivity contribution in [2.75, 3.05) is 27.6 Å². The molecule has 0 aliphatic carbocycles. The average Bonchev–Trinajstić information content (AvgIpc) is 2.87. The summed E-state index contributed by atoms with van der Waals surface area (Å²) in [5, 5.41) is 46.4. The van der Waals surface area contributed by atoms with Crippen molar-refractivity contribution in [3.05, 3.63) is 39.9 Å². The van der Waals surface area contributed by atoms with Gasteiger partial charge in [0.2, 0.25) is 0 Å². The summed E-state index contributed by atoms with van der Waals surface area (Å²) < 4.78 is 21.5. The molecule has 5 rings (SSSR count). The van der Waals surface area contributed by atoms with Crippen LogP contribution in [0.5, 0.6) is 28.7 Å². The third-order valence-corrected chi connectivity index (χ3v) is 7.57. The van der Waals surface area contributed by atoms with Gasteiger partial charge in [0.15, 0.2) is 29.8 Å². The van der Waals surface area contributed by atoms with Crippen LogP contribution in [0.2, 0.25) is 0 Å². The van der Waals surface area contributed by atoms with Gasteiger partial charge in [-0.2, -0.15) is 5.26 Å². The van der Waals surface area contributed by atoms with Gasteiger partial charge >= 0.3 is 5.97 Å². The van der Waals surface area contributed by atoms with Gasteiger partial charge in [-0.3, -0.25) is 4.90 Å². The zero-order chi connectivity index (χ0) is 26.6. The van der Waals surface area contributed by atoms with Gasteiger partial charge in [0.05, 0.1) is 25.3 Å². The highest BCUT2D eigenvalue weighted by atomic mass is 16.7. The molecule has 2 bridgehead atoms. The number of methoxy groups -OCH3 is 2. The number of esters is 1. The molecule has 11 nitrogen and oxygen atoms in total. The Morgan fingerprint density at radius 3 is 2.62 bits per heavy atom. The van der Waals surface area contributed by atoms with Gasteiger partial charge in [-0.05, 0) is 37.5 Å². The molecule has 4 N–H and O–H groups in total. The van der Waals surface area contributed by atoms with Crippen molar-refractivity contribution < 1.29 is 39.1 Å². The van der Waals surface area contributed by atoms with E-state index >= 15 is 0 Å². The Hall–Kier alpha value is -3.72. The van der Waals surface area contributed by atoms with Crippen LogP contribution >= 0.6 is 0 Å². The van der Waals surface area contributed by atoms with Crippen molar-refractivity contribution >= 4 is 5.97 Å². The number of hydrogen-bond donors (Lipinski definition) is 4. The number of aryl methyl sites for hydroxylation is 1. The molecule has 3 aliphatic rings. The summed E-state index contributed by atoms with van der Waals surface area (Å²) in [6.45, 7) is 3.25. The number of nitrogens with one attached hydrogen (secondary N) is 1. The molecule has 0 spiro atoms. The number of phenolic OH excluding ortho intramolecular Hbond substituents is 3. The molecule has 0 saturated carbocycles. The molecule has 0 amide bonds. The molecule has 5 atom stereocenters. The smallest absolute Gasteiger partial charge is 0.328 e. The molecule has 11 heteroatoms. The zero-order valence-electron chi connectivity index (χ0n) is 20.9. The molecule has 3 aliphatic heterocycles. The third kappa shape index (κ3) is 3.71. The minimum atomic E-state index is -1.21. The van der Waals surface area contributed by atoms with Gasteiger partial charge in [-0.15, -0.1) is 0 Å². The Bertz CT molecular complexity index is 1310. The second kappa shape index (κ2) is 9.30. The Kier molecular flexibility index (Phi) is 6.27. The van der Waals surface area contributed by atoms with E-state index in [-0.39, 0.29) is 42.1 Å². The number of ether oxygens (including phenoxy) is 4. The Labute approximate surface area is 213 Å². The van der Waals surface area contributed by atoms with E-state index in [1.807, 2.05) is 13.0 Å². The number of nitrogens with zero attached hydrogens (tertiary/aromatic N) is 2. The zero-order valence-corrected chi connectivity index (χ0v) is 20.9. The Balaban J connectivity index is 1.66. The van der Waals surface area contributed by atoms with Gasteiger partial charge in [0, 0.05) is 29.8 Å². The lowest BCUT2D eigenvalue weighted by molar-refractivity contribution is -0.171. The van der Waals surface area contributed by atoms with Crippen LogP contribution in [-0.2, 0) is 20.7 Å². The summed E-state index contributed by atoms with van der Waals surface area (Å²) in [5.41, 5.74) is 2.62. The molecule has 2 fully saturated rings. The van der Waals surface area contributed by atoms with Crippen LogP contribution in [0.4, 0.5) is 0 Å². The molecule has 2 saturated heterocycles. The fourth-order valence-electron chi connectivity index (χ4n) is 5.92. The number of carbonyl (C=O) groups is 1. The molecule has 2 aromatic rings. The molecule has 196 valence electrons. The summed E-state index contributed by atoms with van der Waals surface area (Å²) >= 11 is 0. The summed E-state index contributed by atoms with van der Waals surface area (Å²) in [4.78, 5) is 15.0. The fourth-order valence-corrected chi connectivity index (χ4v) is 5.92. The number of piperazine rings is 1. The van der Waals surface area contributed by atoms with Gasteiger partial charge < -0.3 is 39.6 Å². The minimum absolute atomic E-state index is 0.00309. The van der Waals surface area contributed by atoms with Gasteiger partial charge in [0.25, 0.3) is 0 Å². The van der Waals surface area contributed by atoms with E-state index in [4.69, 9.17) is 18.9 Å². The van der Waals surface area contributed by atoms with Crippen LogP contribution in [0.25, 0.3) is 0 Å². The van der Waals surface area contributed by atoms with Crippen molar-refractivity contribution in [1.82, 2.24) is 10.2 Å². The standard InChI is InChI=1S/C26H29N3O8/c1-11-5-13-6-15-16(8-27)29-17(20(28-15)19(13)24(32)25(11)35-4)9-36-26(33)21(29)14-7-18(37-10-34-3)12(2)22(30)23(14)31/h5,7,15-17,20-21,28,30-32H,6,9-10H2,1-4H3/t15-,16+,17-,20-,21-/m0/s1. The minimum Gasteiger partial charge on any atom is -0.504 e. The summed E-state index contributed by atoms with van der Waals surface area (Å²) in [6, 6.07) is 2.34. The Morgan fingerprint density at radius 2 is 1.95 bits per heavy atom. The molecule has 0 aromatic heterocycles. The fraction of sp³-hybridized carbons (Fsp3) is 0.462. The number of aromatic hydroxyl groups is 3. The van der Waals surface area contributed by atoms with E-state index in [0.29, 0.717) is 17.7 Å². The van der Waals surface area contributed by atoms with Crippen molar-refractivity contribution in [1.29, 1.82) is 5.26 Å². The van der Waals surface area contributed by atoms with Gasteiger partial charge in [-0.1, -0.05) is 6.07 Å². The van der Waals surface area contributed by atoms with Crippen LogP contribution in [0.1, 0.15) is 39.9 Å². The van der Waals surface area contributed by atoms with Crippen LogP contribution in [-0.4, -0.2) is 71.9 Å². The molecular weight excluding hydrogens is 482 g/mol.